The predicted octanol–water partition coefficient (Wildman–Crippen LogP) is 5.09. The van der Waals surface area contributed by atoms with Gasteiger partial charge in [-0.3, -0.25) is 9.59 Å². The van der Waals surface area contributed by atoms with Crippen LogP contribution in [0.1, 0.15) is 70.9 Å². The summed E-state index contributed by atoms with van der Waals surface area (Å²) in [7, 11) is 0. The Bertz CT molecular complexity index is 847. The molecule has 1 fully saturated rings. The smallest absolute Gasteiger partial charge is 0.196 e. The molecule has 0 radical (unpaired) electrons. The minimum absolute atomic E-state index is 0.0482. The molecule has 0 spiro atoms. The van der Waals surface area contributed by atoms with E-state index in [1.807, 2.05) is 24.3 Å². The molecule has 0 atom stereocenters. The van der Waals surface area contributed by atoms with Gasteiger partial charge >= 0.3 is 0 Å². The first-order valence-corrected chi connectivity index (χ1v) is 9.74. The minimum atomic E-state index is -0.0534. The van der Waals surface area contributed by atoms with Crippen molar-refractivity contribution in [3.05, 3.63) is 64.7 Å². The molecule has 2 aromatic carbocycles. The highest BCUT2D eigenvalue weighted by molar-refractivity contribution is 6.30. The lowest BCUT2D eigenvalue weighted by Gasteiger charge is -2.29. The number of ketones is 2. The van der Waals surface area contributed by atoms with Gasteiger partial charge in [0.2, 0.25) is 0 Å². The molecule has 2 aromatic rings. The first kappa shape index (κ1) is 17.0. The van der Waals surface area contributed by atoms with Crippen molar-refractivity contribution in [3.63, 3.8) is 0 Å². The molecule has 0 heterocycles. The third kappa shape index (κ3) is 2.96. The van der Waals surface area contributed by atoms with Crippen molar-refractivity contribution in [3.8, 4) is 0 Å². The molecule has 0 aromatic heterocycles. The molecule has 2 aliphatic rings. The molecule has 0 bridgehead atoms. The lowest BCUT2D eigenvalue weighted by Crippen LogP contribution is -2.25. The number of carbonyl (C=O) groups is 2. The highest BCUT2D eigenvalue weighted by Gasteiger charge is 2.31. The van der Waals surface area contributed by atoms with Gasteiger partial charge in [0.15, 0.2) is 11.6 Å². The van der Waals surface area contributed by atoms with Crippen molar-refractivity contribution in [1.82, 2.24) is 0 Å². The van der Waals surface area contributed by atoms with Gasteiger partial charge in [-0.25, -0.2) is 0 Å². The molecule has 0 amide bonds. The van der Waals surface area contributed by atoms with E-state index in [4.69, 9.17) is 0 Å². The zero-order chi connectivity index (χ0) is 18.1. The van der Waals surface area contributed by atoms with Gasteiger partial charge in [0.25, 0.3) is 0 Å². The highest BCUT2D eigenvalue weighted by atomic mass is 16.1. The maximum atomic E-state index is 13.0. The Morgan fingerprint density at radius 1 is 0.808 bits per heavy atom. The fraction of sp³-hybridized carbons (Fsp3) is 0.391. The second kappa shape index (κ2) is 7.06. The molecular weight excluding hydrogens is 322 g/mol. The number of anilines is 1. The summed E-state index contributed by atoms with van der Waals surface area (Å²) in [5, 5.41) is 3.48. The number of carbonyl (C=O) groups excluding carboxylic acids is 2. The summed E-state index contributed by atoms with van der Waals surface area (Å²) in [6.45, 7) is 3.15. The van der Waals surface area contributed by atoms with E-state index >= 15 is 0 Å². The third-order valence-corrected chi connectivity index (χ3v) is 6.08. The van der Waals surface area contributed by atoms with Crippen LogP contribution in [0.3, 0.4) is 0 Å². The molecule has 0 aliphatic heterocycles. The number of hydrogen-bond acceptors (Lipinski definition) is 3. The summed E-state index contributed by atoms with van der Waals surface area (Å²) in [4.78, 5) is 25.8. The second-order valence-corrected chi connectivity index (χ2v) is 7.61. The normalized spacial score (nSPS) is 21.9. The Labute approximate surface area is 154 Å². The zero-order valence-electron chi connectivity index (χ0n) is 15.3. The zero-order valence-corrected chi connectivity index (χ0v) is 15.3. The van der Waals surface area contributed by atoms with Crippen LogP contribution < -0.4 is 5.32 Å². The van der Waals surface area contributed by atoms with Crippen LogP contribution in [-0.2, 0) is 0 Å². The summed E-state index contributed by atoms with van der Waals surface area (Å²) in [6, 6.07) is 12.7. The maximum Gasteiger partial charge on any atom is 0.196 e. The molecule has 1 N–H and O–H groups in total. The van der Waals surface area contributed by atoms with Crippen molar-refractivity contribution in [1.29, 1.82) is 0 Å². The Balaban J connectivity index is 1.56. The van der Waals surface area contributed by atoms with E-state index in [0.29, 0.717) is 28.2 Å². The quantitative estimate of drug-likeness (QED) is 0.715. The molecule has 1 saturated carbocycles. The van der Waals surface area contributed by atoms with E-state index < -0.39 is 0 Å². The minimum Gasteiger partial charge on any atom is -0.384 e. The van der Waals surface area contributed by atoms with Gasteiger partial charge in [-0.2, -0.15) is 0 Å². The van der Waals surface area contributed by atoms with Gasteiger partial charge < -0.3 is 5.32 Å². The summed E-state index contributed by atoms with van der Waals surface area (Å²) >= 11 is 0. The van der Waals surface area contributed by atoms with E-state index in [0.717, 1.165) is 18.2 Å². The van der Waals surface area contributed by atoms with Gasteiger partial charge in [0, 0.05) is 28.9 Å². The average molecular weight is 347 g/mol. The number of rotatable bonds is 4. The molecule has 3 nitrogen and oxygen atoms in total. The standard InChI is InChI=1S/C23H25NO2/c1-2-15-10-12-16(13-11-15)14-24-20-9-5-8-19-21(20)23(26)18-7-4-3-6-17(18)22(19)25/h3-9,15-16,24H,2,10-14H2,1H3. The Morgan fingerprint density at radius 3 is 2.12 bits per heavy atom. The Morgan fingerprint density at radius 2 is 1.42 bits per heavy atom. The van der Waals surface area contributed by atoms with E-state index in [2.05, 4.69) is 12.2 Å². The summed E-state index contributed by atoms with van der Waals surface area (Å²) in [6.07, 6.45) is 6.38. The van der Waals surface area contributed by atoms with E-state index in [-0.39, 0.29) is 11.6 Å². The second-order valence-electron chi connectivity index (χ2n) is 7.61. The van der Waals surface area contributed by atoms with E-state index in [1.54, 1.807) is 18.2 Å². The molecule has 4 rings (SSSR count). The van der Waals surface area contributed by atoms with Crippen LogP contribution in [0.2, 0.25) is 0 Å². The number of nitrogens with one attached hydrogen (secondary N) is 1. The van der Waals surface area contributed by atoms with E-state index in [9.17, 15) is 9.59 Å². The Hall–Kier alpha value is -2.42. The van der Waals surface area contributed by atoms with Crippen molar-refractivity contribution < 1.29 is 9.59 Å². The lowest BCUT2D eigenvalue weighted by molar-refractivity contribution is 0.0979. The van der Waals surface area contributed by atoms with Crippen LogP contribution in [-0.4, -0.2) is 18.1 Å². The van der Waals surface area contributed by atoms with Gasteiger partial charge in [0.05, 0.1) is 5.56 Å². The highest BCUT2D eigenvalue weighted by Crippen LogP contribution is 2.34. The van der Waals surface area contributed by atoms with Crippen molar-refractivity contribution in [2.24, 2.45) is 11.8 Å². The predicted molar refractivity (Wildman–Crippen MR) is 104 cm³/mol. The number of benzene rings is 2. The number of hydrogen-bond donors (Lipinski definition) is 1. The van der Waals surface area contributed by atoms with Crippen molar-refractivity contribution in [2.75, 3.05) is 11.9 Å². The van der Waals surface area contributed by atoms with Crippen LogP contribution >= 0.6 is 0 Å². The maximum absolute atomic E-state index is 13.0. The summed E-state index contributed by atoms with van der Waals surface area (Å²) in [5.41, 5.74) is 2.89. The lowest BCUT2D eigenvalue weighted by atomic mass is 9.80. The molecule has 0 saturated heterocycles. The van der Waals surface area contributed by atoms with E-state index in [1.165, 1.54) is 32.1 Å². The van der Waals surface area contributed by atoms with Crippen LogP contribution in [0.4, 0.5) is 5.69 Å². The SMILES string of the molecule is CCC1CCC(CNc2cccc3c2C(=O)c2ccccc2C3=O)CC1. The Kier molecular flexibility index (Phi) is 4.62. The van der Waals surface area contributed by atoms with Crippen molar-refractivity contribution >= 4 is 17.3 Å². The summed E-state index contributed by atoms with van der Waals surface area (Å²) in [5.74, 6) is 1.43. The topological polar surface area (TPSA) is 46.2 Å². The molecule has 134 valence electrons. The van der Waals surface area contributed by atoms with Crippen LogP contribution in [0.5, 0.6) is 0 Å². The fourth-order valence-corrected chi connectivity index (χ4v) is 4.39. The van der Waals surface area contributed by atoms with Gasteiger partial charge in [-0.15, -0.1) is 0 Å². The molecule has 26 heavy (non-hydrogen) atoms. The van der Waals surface area contributed by atoms with Gasteiger partial charge in [-0.05, 0) is 30.7 Å². The number of fused-ring (bicyclic) bond motifs is 2. The monoisotopic (exact) mass is 347 g/mol. The molecular formula is C23H25NO2. The summed E-state index contributed by atoms with van der Waals surface area (Å²) < 4.78 is 0. The fourth-order valence-electron chi connectivity index (χ4n) is 4.39. The molecule has 0 unspecified atom stereocenters. The van der Waals surface area contributed by atoms with Gasteiger partial charge in [-0.1, -0.05) is 62.6 Å². The van der Waals surface area contributed by atoms with Crippen molar-refractivity contribution in [2.45, 2.75) is 39.0 Å². The van der Waals surface area contributed by atoms with Crippen LogP contribution in [0.15, 0.2) is 42.5 Å². The van der Waals surface area contributed by atoms with Crippen LogP contribution in [0, 0.1) is 11.8 Å². The molecule has 2 aliphatic carbocycles. The van der Waals surface area contributed by atoms with Crippen LogP contribution in [0.25, 0.3) is 0 Å². The third-order valence-electron chi connectivity index (χ3n) is 6.08. The first-order chi connectivity index (χ1) is 12.7. The van der Waals surface area contributed by atoms with Gasteiger partial charge in [0.1, 0.15) is 0 Å². The average Bonchev–Trinajstić information content (AvgIpc) is 2.70. The molecule has 3 heteroatoms. The first-order valence-electron chi connectivity index (χ1n) is 9.74. The largest absolute Gasteiger partial charge is 0.384 e.